The fraction of sp³-hybridized carbons (Fsp3) is 0.250. The molecule has 0 fully saturated rings. The molecule has 1 aromatic carbocycles. The molecule has 0 radical (unpaired) electrons. The highest BCUT2D eigenvalue weighted by Gasteiger charge is 2.03. The highest BCUT2D eigenvalue weighted by atomic mass is 19.1. The van der Waals surface area contributed by atoms with Crippen molar-refractivity contribution < 1.29 is 4.39 Å². The molecule has 0 aliphatic rings. The molecule has 0 bridgehead atoms. The Hall–Kier alpha value is -1.09. The van der Waals surface area contributed by atoms with Gasteiger partial charge in [0.15, 0.2) is 0 Å². The predicted molar refractivity (Wildman–Crippen MR) is 43.8 cm³/mol. The van der Waals surface area contributed by atoms with E-state index in [1.807, 2.05) is 0 Å². The number of rotatable bonds is 2. The van der Waals surface area contributed by atoms with Crippen molar-refractivity contribution in [3.8, 4) is 0 Å². The maximum absolute atomic E-state index is 12.9. The van der Waals surface area contributed by atoms with Crippen LogP contribution in [0.4, 0.5) is 10.1 Å². The summed E-state index contributed by atoms with van der Waals surface area (Å²) in [7, 11) is 1.74. The van der Waals surface area contributed by atoms with E-state index in [-0.39, 0.29) is 12.4 Å². The Morgan fingerprint density at radius 3 is 2.73 bits per heavy atom. The maximum Gasteiger partial charge on any atom is 0.129 e. The molecule has 3 heteroatoms. The van der Waals surface area contributed by atoms with E-state index < -0.39 is 0 Å². The van der Waals surface area contributed by atoms with Crippen molar-refractivity contribution in [1.82, 2.24) is 0 Å². The first-order chi connectivity index (χ1) is 5.29. The van der Waals surface area contributed by atoms with Crippen LogP contribution in [0.5, 0.6) is 0 Å². The Morgan fingerprint density at radius 1 is 1.55 bits per heavy atom. The fourth-order valence-corrected chi connectivity index (χ4v) is 1.00. The van der Waals surface area contributed by atoms with Gasteiger partial charge in [-0.05, 0) is 12.1 Å². The molecule has 0 saturated heterocycles. The van der Waals surface area contributed by atoms with Crippen molar-refractivity contribution >= 4 is 5.69 Å². The second-order valence-electron chi connectivity index (χ2n) is 2.22. The van der Waals surface area contributed by atoms with E-state index in [9.17, 15) is 4.39 Å². The molecule has 0 aliphatic carbocycles. The highest BCUT2D eigenvalue weighted by molar-refractivity contribution is 5.51. The molecule has 1 aromatic rings. The van der Waals surface area contributed by atoms with Gasteiger partial charge in [0.1, 0.15) is 5.82 Å². The van der Waals surface area contributed by atoms with Gasteiger partial charge in [-0.15, -0.1) is 0 Å². The predicted octanol–water partition coefficient (Wildman–Crippen LogP) is 1.33. The second kappa shape index (κ2) is 3.34. The van der Waals surface area contributed by atoms with Crippen LogP contribution in [-0.4, -0.2) is 7.05 Å². The van der Waals surface area contributed by atoms with Crippen molar-refractivity contribution in [3.63, 3.8) is 0 Å². The van der Waals surface area contributed by atoms with E-state index >= 15 is 0 Å². The maximum atomic E-state index is 12.9. The Labute approximate surface area is 65.2 Å². The average Bonchev–Trinajstić information content (AvgIpc) is 2.04. The molecule has 0 heterocycles. The molecule has 0 aliphatic heterocycles. The normalized spacial score (nSPS) is 9.73. The van der Waals surface area contributed by atoms with Crippen LogP contribution in [0.2, 0.25) is 0 Å². The van der Waals surface area contributed by atoms with Gasteiger partial charge in [0.2, 0.25) is 0 Å². The number of halogens is 1. The van der Waals surface area contributed by atoms with Crippen molar-refractivity contribution in [3.05, 3.63) is 29.6 Å². The number of nitrogens with two attached hydrogens (primary N) is 1. The molecule has 0 spiro atoms. The standard InChI is InChI=1S/C8H11FN2/c1-11-8-4-2-3-7(9)6(8)5-10/h2-4,11H,5,10H2,1H3. The van der Waals surface area contributed by atoms with E-state index in [4.69, 9.17) is 5.73 Å². The van der Waals surface area contributed by atoms with E-state index in [2.05, 4.69) is 5.32 Å². The minimum Gasteiger partial charge on any atom is -0.388 e. The number of hydrogen-bond donors (Lipinski definition) is 2. The Morgan fingerprint density at radius 2 is 2.27 bits per heavy atom. The summed E-state index contributed by atoms with van der Waals surface area (Å²) in [5.74, 6) is -0.251. The lowest BCUT2D eigenvalue weighted by atomic mass is 10.1. The Kier molecular flexibility index (Phi) is 2.44. The zero-order valence-corrected chi connectivity index (χ0v) is 6.39. The molecule has 2 nitrogen and oxygen atoms in total. The highest BCUT2D eigenvalue weighted by Crippen LogP contribution is 2.16. The van der Waals surface area contributed by atoms with Gasteiger partial charge in [-0.1, -0.05) is 6.07 Å². The van der Waals surface area contributed by atoms with Crippen molar-refractivity contribution in [2.45, 2.75) is 6.54 Å². The van der Waals surface area contributed by atoms with Gasteiger partial charge >= 0.3 is 0 Å². The third-order valence-corrected chi connectivity index (χ3v) is 1.59. The molecule has 0 aromatic heterocycles. The first-order valence-corrected chi connectivity index (χ1v) is 3.44. The van der Waals surface area contributed by atoms with E-state index in [0.717, 1.165) is 5.69 Å². The topological polar surface area (TPSA) is 38.0 Å². The first kappa shape index (κ1) is 8.01. The molecule has 0 atom stereocenters. The lowest BCUT2D eigenvalue weighted by Crippen LogP contribution is -2.04. The summed E-state index contributed by atoms with van der Waals surface area (Å²) in [5, 5.41) is 2.87. The third-order valence-electron chi connectivity index (χ3n) is 1.59. The third kappa shape index (κ3) is 1.49. The van der Waals surface area contributed by atoms with Crippen LogP contribution in [0, 0.1) is 5.82 Å². The number of anilines is 1. The summed E-state index contributed by atoms with van der Waals surface area (Å²) in [6.45, 7) is 0.225. The van der Waals surface area contributed by atoms with Gasteiger partial charge in [0.05, 0.1) is 0 Å². The summed E-state index contributed by atoms with van der Waals surface area (Å²) in [5.41, 5.74) is 6.64. The summed E-state index contributed by atoms with van der Waals surface area (Å²) in [4.78, 5) is 0. The van der Waals surface area contributed by atoms with E-state index in [0.29, 0.717) is 5.56 Å². The zero-order chi connectivity index (χ0) is 8.27. The summed E-state index contributed by atoms with van der Waals surface area (Å²) in [6, 6.07) is 4.86. The molecule has 60 valence electrons. The SMILES string of the molecule is CNc1cccc(F)c1CN. The monoisotopic (exact) mass is 154 g/mol. The molecule has 11 heavy (non-hydrogen) atoms. The van der Waals surface area contributed by atoms with Gasteiger partial charge in [0.25, 0.3) is 0 Å². The number of hydrogen-bond acceptors (Lipinski definition) is 2. The fourth-order valence-electron chi connectivity index (χ4n) is 1.00. The summed E-state index contributed by atoms with van der Waals surface area (Å²) >= 11 is 0. The van der Waals surface area contributed by atoms with Crippen LogP contribution < -0.4 is 11.1 Å². The van der Waals surface area contributed by atoms with Crippen LogP contribution in [0.1, 0.15) is 5.56 Å². The molecule has 0 amide bonds. The van der Waals surface area contributed by atoms with E-state index in [1.54, 1.807) is 19.2 Å². The Balaban J connectivity index is 3.13. The molecule has 1 rings (SSSR count). The van der Waals surface area contributed by atoms with Crippen LogP contribution in [0.3, 0.4) is 0 Å². The van der Waals surface area contributed by atoms with Gasteiger partial charge in [-0.25, -0.2) is 4.39 Å². The molecule has 0 unspecified atom stereocenters. The number of benzene rings is 1. The van der Waals surface area contributed by atoms with Crippen molar-refractivity contribution in [1.29, 1.82) is 0 Å². The van der Waals surface area contributed by atoms with Crippen LogP contribution >= 0.6 is 0 Å². The van der Waals surface area contributed by atoms with Gasteiger partial charge in [-0.2, -0.15) is 0 Å². The largest absolute Gasteiger partial charge is 0.388 e. The average molecular weight is 154 g/mol. The van der Waals surface area contributed by atoms with Crippen LogP contribution in [-0.2, 0) is 6.54 Å². The van der Waals surface area contributed by atoms with Gasteiger partial charge in [0, 0.05) is 24.8 Å². The zero-order valence-electron chi connectivity index (χ0n) is 6.39. The first-order valence-electron chi connectivity index (χ1n) is 3.44. The molecular formula is C8H11FN2. The minimum atomic E-state index is -0.251. The van der Waals surface area contributed by atoms with Gasteiger partial charge in [-0.3, -0.25) is 0 Å². The minimum absolute atomic E-state index is 0.225. The lowest BCUT2D eigenvalue weighted by Gasteiger charge is -2.06. The molecular weight excluding hydrogens is 143 g/mol. The lowest BCUT2D eigenvalue weighted by molar-refractivity contribution is 0.611. The smallest absolute Gasteiger partial charge is 0.129 e. The van der Waals surface area contributed by atoms with E-state index in [1.165, 1.54) is 6.07 Å². The van der Waals surface area contributed by atoms with Crippen molar-refractivity contribution in [2.24, 2.45) is 5.73 Å². The summed E-state index contributed by atoms with van der Waals surface area (Å²) in [6.07, 6.45) is 0. The molecule has 0 saturated carbocycles. The number of nitrogens with one attached hydrogen (secondary N) is 1. The quantitative estimate of drug-likeness (QED) is 0.674. The van der Waals surface area contributed by atoms with Crippen molar-refractivity contribution in [2.75, 3.05) is 12.4 Å². The van der Waals surface area contributed by atoms with Crippen LogP contribution in [0.25, 0.3) is 0 Å². The van der Waals surface area contributed by atoms with Gasteiger partial charge < -0.3 is 11.1 Å². The second-order valence-corrected chi connectivity index (χ2v) is 2.22. The molecule has 3 N–H and O–H groups in total. The van der Waals surface area contributed by atoms with Crippen LogP contribution in [0.15, 0.2) is 18.2 Å². The summed E-state index contributed by atoms with van der Waals surface area (Å²) < 4.78 is 12.9. The Bertz CT molecular complexity index is 248.